The lowest BCUT2D eigenvalue weighted by molar-refractivity contribution is 0.161. The Hall–Kier alpha value is -0.770. The molecule has 0 aromatic heterocycles. The summed E-state index contributed by atoms with van der Waals surface area (Å²) < 4.78 is 0. The highest BCUT2D eigenvalue weighted by Gasteiger charge is 2.26. The van der Waals surface area contributed by atoms with Crippen molar-refractivity contribution in [1.29, 1.82) is 0 Å². The summed E-state index contributed by atoms with van der Waals surface area (Å²) in [6, 6.07) is 0.120. The maximum Gasteiger partial charge on any atom is 0.317 e. The van der Waals surface area contributed by atoms with Gasteiger partial charge >= 0.3 is 6.03 Å². The van der Waals surface area contributed by atoms with E-state index in [1.54, 1.807) is 0 Å². The largest absolute Gasteiger partial charge is 0.338 e. The number of amides is 2. The minimum Gasteiger partial charge on any atom is -0.338 e. The van der Waals surface area contributed by atoms with Crippen molar-refractivity contribution in [3.8, 4) is 0 Å². The summed E-state index contributed by atoms with van der Waals surface area (Å²) in [7, 11) is 0. The summed E-state index contributed by atoms with van der Waals surface area (Å²) in [6.07, 6.45) is 1.21. The molecule has 0 bridgehead atoms. The fraction of sp³-hybridized carbons (Fsp3) is 0.900. The van der Waals surface area contributed by atoms with E-state index < -0.39 is 0 Å². The lowest BCUT2D eigenvalue weighted by Gasteiger charge is -2.33. The third kappa shape index (κ3) is 2.18. The average Bonchev–Trinajstić information content (AvgIpc) is 2.64. The molecular weight excluding hydrogens is 178 g/mol. The van der Waals surface area contributed by atoms with Crippen molar-refractivity contribution in [3.05, 3.63) is 0 Å². The predicted molar refractivity (Wildman–Crippen MR) is 55.1 cm³/mol. The maximum absolute atomic E-state index is 11.5. The van der Waals surface area contributed by atoms with Crippen LogP contribution in [0.25, 0.3) is 0 Å². The fourth-order valence-electron chi connectivity index (χ4n) is 2.24. The van der Waals surface area contributed by atoms with E-state index in [4.69, 9.17) is 0 Å². The SMILES string of the molecule is CC1CNC(=O)N(CC2CCNC2)C1. The summed E-state index contributed by atoms with van der Waals surface area (Å²) in [6.45, 7) is 7.02. The highest BCUT2D eigenvalue weighted by molar-refractivity contribution is 5.74. The van der Waals surface area contributed by atoms with Crippen LogP contribution in [0, 0.1) is 11.8 Å². The minimum absolute atomic E-state index is 0.120. The Morgan fingerprint density at radius 2 is 2.36 bits per heavy atom. The summed E-state index contributed by atoms with van der Waals surface area (Å²) in [5, 5.41) is 6.25. The third-order valence-electron chi connectivity index (χ3n) is 3.06. The predicted octanol–water partition coefficient (Wildman–Crippen LogP) is 0.257. The van der Waals surface area contributed by atoms with E-state index in [0.717, 1.165) is 32.7 Å². The van der Waals surface area contributed by atoms with Gasteiger partial charge in [-0.1, -0.05) is 6.92 Å². The summed E-state index contributed by atoms with van der Waals surface area (Å²) in [5.74, 6) is 1.24. The number of nitrogens with one attached hydrogen (secondary N) is 2. The van der Waals surface area contributed by atoms with Gasteiger partial charge in [0.2, 0.25) is 0 Å². The molecule has 4 nitrogen and oxygen atoms in total. The van der Waals surface area contributed by atoms with E-state index in [-0.39, 0.29) is 6.03 Å². The first kappa shape index (κ1) is 9.77. The van der Waals surface area contributed by atoms with E-state index in [1.807, 2.05) is 4.90 Å². The van der Waals surface area contributed by atoms with Crippen LogP contribution in [0.5, 0.6) is 0 Å². The normalized spacial score (nSPS) is 33.2. The van der Waals surface area contributed by atoms with Gasteiger partial charge in [-0.05, 0) is 31.3 Å². The second kappa shape index (κ2) is 4.17. The first-order chi connectivity index (χ1) is 6.75. The maximum atomic E-state index is 11.5. The van der Waals surface area contributed by atoms with Crippen LogP contribution in [0.15, 0.2) is 0 Å². The molecule has 0 saturated carbocycles. The van der Waals surface area contributed by atoms with Gasteiger partial charge in [0.05, 0.1) is 0 Å². The molecule has 0 aromatic rings. The Morgan fingerprint density at radius 1 is 1.50 bits per heavy atom. The molecule has 2 N–H and O–H groups in total. The van der Waals surface area contributed by atoms with Crippen molar-refractivity contribution in [2.45, 2.75) is 13.3 Å². The van der Waals surface area contributed by atoms with Gasteiger partial charge < -0.3 is 15.5 Å². The van der Waals surface area contributed by atoms with E-state index >= 15 is 0 Å². The van der Waals surface area contributed by atoms with Gasteiger partial charge in [-0.3, -0.25) is 0 Å². The molecule has 2 rings (SSSR count). The smallest absolute Gasteiger partial charge is 0.317 e. The molecule has 2 amide bonds. The van der Waals surface area contributed by atoms with Crippen molar-refractivity contribution in [2.24, 2.45) is 11.8 Å². The molecular formula is C10H19N3O. The molecule has 2 saturated heterocycles. The van der Waals surface area contributed by atoms with Crippen LogP contribution >= 0.6 is 0 Å². The van der Waals surface area contributed by atoms with Crippen LogP contribution in [0.1, 0.15) is 13.3 Å². The van der Waals surface area contributed by atoms with Crippen LogP contribution in [0.2, 0.25) is 0 Å². The first-order valence-electron chi connectivity index (χ1n) is 5.49. The second-order valence-corrected chi connectivity index (χ2v) is 4.56. The average molecular weight is 197 g/mol. The van der Waals surface area contributed by atoms with Gasteiger partial charge in [-0.25, -0.2) is 4.79 Å². The Labute approximate surface area is 85.0 Å². The Morgan fingerprint density at radius 3 is 3.07 bits per heavy atom. The van der Waals surface area contributed by atoms with Crippen molar-refractivity contribution in [3.63, 3.8) is 0 Å². The number of hydrogen-bond donors (Lipinski definition) is 2. The van der Waals surface area contributed by atoms with Crippen molar-refractivity contribution in [1.82, 2.24) is 15.5 Å². The van der Waals surface area contributed by atoms with Gasteiger partial charge in [0.15, 0.2) is 0 Å². The van der Waals surface area contributed by atoms with Crippen LogP contribution in [-0.2, 0) is 0 Å². The Balaban J connectivity index is 1.85. The summed E-state index contributed by atoms with van der Waals surface area (Å²) in [4.78, 5) is 13.5. The number of rotatable bonds is 2. The summed E-state index contributed by atoms with van der Waals surface area (Å²) >= 11 is 0. The molecule has 4 heteroatoms. The van der Waals surface area contributed by atoms with Gasteiger partial charge in [-0.2, -0.15) is 0 Å². The summed E-state index contributed by atoms with van der Waals surface area (Å²) in [5.41, 5.74) is 0. The van der Waals surface area contributed by atoms with E-state index in [1.165, 1.54) is 6.42 Å². The van der Waals surface area contributed by atoms with Crippen molar-refractivity contribution < 1.29 is 4.79 Å². The molecule has 2 unspecified atom stereocenters. The monoisotopic (exact) mass is 197 g/mol. The number of urea groups is 1. The standard InChI is InChI=1S/C10H19N3O/c1-8-4-12-10(14)13(6-8)7-9-2-3-11-5-9/h8-9,11H,2-7H2,1H3,(H,12,14). The molecule has 0 aromatic carbocycles. The van der Waals surface area contributed by atoms with E-state index in [9.17, 15) is 4.79 Å². The zero-order chi connectivity index (χ0) is 9.97. The molecule has 0 aliphatic carbocycles. The molecule has 2 aliphatic rings. The van der Waals surface area contributed by atoms with Crippen LogP contribution in [0.3, 0.4) is 0 Å². The molecule has 2 heterocycles. The third-order valence-corrected chi connectivity index (χ3v) is 3.06. The molecule has 2 aliphatic heterocycles. The number of carbonyl (C=O) groups is 1. The molecule has 14 heavy (non-hydrogen) atoms. The number of hydrogen-bond acceptors (Lipinski definition) is 2. The Kier molecular flexibility index (Phi) is 2.91. The lowest BCUT2D eigenvalue weighted by atomic mass is 10.1. The molecule has 0 radical (unpaired) electrons. The molecule has 0 spiro atoms. The topological polar surface area (TPSA) is 44.4 Å². The number of carbonyl (C=O) groups excluding carboxylic acids is 1. The molecule has 2 fully saturated rings. The fourth-order valence-corrected chi connectivity index (χ4v) is 2.24. The van der Waals surface area contributed by atoms with E-state index in [0.29, 0.717) is 11.8 Å². The number of nitrogens with zero attached hydrogens (tertiary/aromatic N) is 1. The van der Waals surface area contributed by atoms with Crippen molar-refractivity contribution in [2.75, 3.05) is 32.7 Å². The van der Waals surface area contributed by atoms with Crippen LogP contribution in [-0.4, -0.2) is 43.7 Å². The minimum atomic E-state index is 0.120. The quantitative estimate of drug-likeness (QED) is 0.667. The zero-order valence-electron chi connectivity index (χ0n) is 8.75. The second-order valence-electron chi connectivity index (χ2n) is 4.56. The highest BCUT2D eigenvalue weighted by atomic mass is 16.2. The lowest BCUT2D eigenvalue weighted by Crippen LogP contribution is -2.51. The van der Waals surface area contributed by atoms with Crippen molar-refractivity contribution >= 4 is 6.03 Å². The molecule has 2 atom stereocenters. The van der Waals surface area contributed by atoms with Crippen LogP contribution in [0.4, 0.5) is 4.79 Å². The van der Waals surface area contributed by atoms with E-state index in [2.05, 4.69) is 17.6 Å². The van der Waals surface area contributed by atoms with Gasteiger partial charge in [-0.15, -0.1) is 0 Å². The van der Waals surface area contributed by atoms with Gasteiger partial charge in [0, 0.05) is 19.6 Å². The van der Waals surface area contributed by atoms with Gasteiger partial charge in [0.1, 0.15) is 0 Å². The van der Waals surface area contributed by atoms with Crippen LogP contribution < -0.4 is 10.6 Å². The highest BCUT2D eigenvalue weighted by Crippen LogP contribution is 2.13. The molecule has 80 valence electrons. The zero-order valence-corrected chi connectivity index (χ0v) is 8.75. The first-order valence-corrected chi connectivity index (χ1v) is 5.49. The Bertz CT molecular complexity index is 213. The van der Waals surface area contributed by atoms with Gasteiger partial charge in [0.25, 0.3) is 0 Å².